The number of H-pyrrole nitrogens is 2. The molecule has 2 heterocycles. The van der Waals surface area contributed by atoms with E-state index >= 15 is 0 Å². The number of rotatable bonds is 1. The molecule has 0 aliphatic rings. The first kappa shape index (κ1) is 10.2. The second-order valence-corrected chi connectivity index (χ2v) is 4.46. The smallest absolute Gasteiger partial charge is 0.408 e. The Morgan fingerprint density at radius 2 is 1.84 bits per heavy atom. The van der Waals surface area contributed by atoms with E-state index in [-0.39, 0.29) is 0 Å². The van der Waals surface area contributed by atoms with Crippen LogP contribution in [0.4, 0.5) is 0 Å². The van der Waals surface area contributed by atoms with E-state index in [1.807, 2.05) is 36.4 Å². The van der Waals surface area contributed by atoms with Crippen molar-refractivity contribution in [3.8, 4) is 11.3 Å². The molecular weight excluding hydrogens is 240 g/mol. The molecule has 19 heavy (non-hydrogen) atoms. The van der Waals surface area contributed by atoms with Crippen molar-refractivity contribution in [1.29, 1.82) is 0 Å². The highest BCUT2D eigenvalue weighted by Crippen LogP contribution is 2.28. The van der Waals surface area contributed by atoms with Crippen LogP contribution in [0.5, 0.6) is 0 Å². The van der Waals surface area contributed by atoms with Crippen molar-refractivity contribution in [1.82, 2.24) is 9.97 Å². The number of hydrogen-bond donors (Lipinski definition) is 2. The fourth-order valence-electron chi connectivity index (χ4n) is 2.42. The van der Waals surface area contributed by atoms with Crippen LogP contribution < -0.4 is 5.76 Å². The first-order valence-corrected chi connectivity index (χ1v) is 6.01. The van der Waals surface area contributed by atoms with Crippen LogP contribution in [0.15, 0.2) is 57.7 Å². The summed E-state index contributed by atoms with van der Waals surface area (Å²) < 4.78 is 5.08. The fourth-order valence-corrected chi connectivity index (χ4v) is 2.42. The van der Waals surface area contributed by atoms with Crippen molar-refractivity contribution in [2.45, 2.75) is 0 Å². The predicted octanol–water partition coefficient (Wildman–Crippen LogP) is 3.27. The summed E-state index contributed by atoms with van der Waals surface area (Å²) in [7, 11) is 0. The summed E-state index contributed by atoms with van der Waals surface area (Å²) in [4.78, 5) is 17.4. The molecule has 0 fully saturated rings. The van der Waals surface area contributed by atoms with Gasteiger partial charge in [-0.15, -0.1) is 0 Å². The van der Waals surface area contributed by atoms with Gasteiger partial charge in [-0.2, -0.15) is 0 Å². The maximum absolute atomic E-state index is 11.3. The summed E-state index contributed by atoms with van der Waals surface area (Å²) in [6, 6.07) is 15.7. The van der Waals surface area contributed by atoms with E-state index in [0.29, 0.717) is 5.58 Å². The van der Waals surface area contributed by atoms with Crippen molar-refractivity contribution in [2.75, 3.05) is 0 Å². The lowest BCUT2D eigenvalue weighted by atomic mass is 10.1. The van der Waals surface area contributed by atoms with Gasteiger partial charge in [0.05, 0.1) is 5.52 Å². The molecule has 0 aliphatic heterocycles. The summed E-state index contributed by atoms with van der Waals surface area (Å²) in [5.74, 6) is -0.432. The molecule has 0 atom stereocenters. The molecule has 2 N–H and O–H groups in total. The lowest BCUT2D eigenvalue weighted by molar-refractivity contribution is 0.555. The monoisotopic (exact) mass is 250 g/mol. The van der Waals surface area contributed by atoms with E-state index in [9.17, 15) is 4.79 Å². The van der Waals surface area contributed by atoms with E-state index in [1.165, 1.54) is 0 Å². The van der Waals surface area contributed by atoms with Crippen LogP contribution in [0.3, 0.4) is 0 Å². The van der Waals surface area contributed by atoms with Gasteiger partial charge >= 0.3 is 5.76 Å². The lowest BCUT2D eigenvalue weighted by Crippen LogP contribution is -1.93. The van der Waals surface area contributed by atoms with Gasteiger partial charge < -0.3 is 9.40 Å². The Morgan fingerprint density at radius 1 is 0.947 bits per heavy atom. The van der Waals surface area contributed by atoms with Gasteiger partial charge in [0.1, 0.15) is 0 Å². The summed E-state index contributed by atoms with van der Waals surface area (Å²) in [6.07, 6.45) is 0. The van der Waals surface area contributed by atoms with Crippen LogP contribution >= 0.6 is 0 Å². The first-order chi connectivity index (χ1) is 9.31. The molecule has 0 radical (unpaired) electrons. The Bertz CT molecular complexity index is 910. The minimum Gasteiger partial charge on any atom is -0.408 e. The normalized spacial score (nSPS) is 11.4. The third-order valence-corrected chi connectivity index (χ3v) is 3.28. The summed E-state index contributed by atoms with van der Waals surface area (Å²) in [5.41, 5.74) is 4.25. The third kappa shape index (κ3) is 1.50. The minimum absolute atomic E-state index is 0.432. The van der Waals surface area contributed by atoms with Crippen LogP contribution in [0, 0.1) is 0 Å². The molecule has 0 bridgehead atoms. The number of oxazole rings is 1. The van der Waals surface area contributed by atoms with Crippen LogP contribution in [0.1, 0.15) is 0 Å². The topological polar surface area (TPSA) is 61.8 Å². The molecular formula is C15H10N2O2. The molecule has 0 amide bonds. The van der Waals surface area contributed by atoms with Gasteiger partial charge in [0.2, 0.25) is 0 Å². The molecule has 0 saturated carbocycles. The molecule has 0 aliphatic carbocycles. The predicted molar refractivity (Wildman–Crippen MR) is 74.1 cm³/mol. The number of nitrogens with one attached hydrogen (secondary N) is 2. The van der Waals surface area contributed by atoms with E-state index in [1.54, 1.807) is 6.07 Å². The number of para-hydroxylation sites is 2. The fraction of sp³-hybridized carbons (Fsp3) is 0. The highest BCUT2D eigenvalue weighted by molar-refractivity contribution is 5.94. The van der Waals surface area contributed by atoms with Crippen LogP contribution in [0.2, 0.25) is 0 Å². The van der Waals surface area contributed by atoms with Gasteiger partial charge in [0.25, 0.3) is 0 Å². The molecule has 0 saturated heterocycles. The zero-order valence-electron chi connectivity index (χ0n) is 9.94. The van der Waals surface area contributed by atoms with Gasteiger partial charge in [-0.05, 0) is 18.2 Å². The van der Waals surface area contributed by atoms with Crippen LogP contribution in [0.25, 0.3) is 33.3 Å². The Balaban J connectivity index is 2.05. The molecule has 2 aromatic heterocycles. The quantitative estimate of drug-likeness (QED) is 0.544. The average molecular weight is 250 g/mol. The van der Waals surface area contributed by atoms with Crippen molar-refractivity contribution < 1.29 is 4.42 Å². The number of aromatic amines is 2. The molecule has 4 rings (SSSR count). The van der Waals surface area contributed by atoms with Gasteiger partial charge in [-0.3, -0.25) is 4.98 Å². The van der Waals surface area contributed by atoms with E-state index in [2.05, 4.69) is 16.0 Å². The van der Waals surface area contributed by atoms with E-state index in [4.69, 9.17) is 4.42 Å². The number of benzene rings is 2. The Kier molecular flexibility index (Phi) is 1.94. The van der Waals surface area contributed by atoms with E-state index in [0.717, 1.165) is 27.7 Å². The van der Waals surface area contributed by atoms with Gasteiger partial charge in [0.15, 0.2) is 5.58 Å². The van der Waals surface area contributed by atoms with Crippen LogP contribution in [-0.2, 0) is 0 Å². The maximum Gasteiger partial charge on any atom is 0.417 e. The molecule has 4 heteroatoms. The van der Waals surface area contributed by atoms with Crippen molar-refractivity contribution >= 4 is 22.0 Å². The Labute approximate surface area is 107 Å². The molecule has 92 valence electrons. The lowest BCUT2D eigenvalue weighted by Gasteiger charge is -1.98. The highest BCUT2D eigenvalue weighted by atomic mass is 16.4. The Hall–Kier alpha value is -2.75. The standard InChI is InChI=1S/C15H10N2O2/c18-15-17-14-10(5-3-7-13(14)19-15)12-8-9-4-1-2-6-11(9)16-12/h1-8,16H,(H,17,18). The Morgan fingerprint density at radius 3 is 2.74 bits per heavy atom. The van der Waals surface area contributed by atoms with Gasteiger partial charge in [0, 0.05) is 22.2 Å². The number of hydrogen-bond acceptors (Lipinski definition) is 2. The van der Waals surface area contributed by atoms with Crippen molar-refractivity contribution in [2.24, 2.45) is 0 Å². The molecule has 0 unspecified atom stereocenters. The zero-order chi connectivity index (χ0) is 12.8. The number of aromatic nitrogens is 2. The summed E-state index contributed by atoms with van der Waals surface area (Å²) >= 11 is 0. The summed E-state index contributed by atoms with van der Waals surface area (Å²) in [6.45, 7) is 0. The second-order valence-electron chi connectivity index (χ2n) is 4.46. The van der Waals surface area contributed by atoms with Crippen LogP contribution in [-0.4, -0.2) is 9.97 Å². The first-order valence-electron chi connectivity index (χ1n) is 6.01. The maximum atomic E-state index is 11.3. The van der Waals surface area contributed by atoms with Crippen molar-refractivity contribution in [3.63, 3.8) is 0 Å². The largest absolute Gasteiger partial charge is 0.417 e. The second kappa shape index (κ2) is 3.62. The number of fused-ring (bicyclic) bond motifs is 2. The third-order valence-electron chi connectivity index (χ3n) is 3.28. The average Bonchev–Trinajstić information content (AvgIpc) is 2.99. The molecule has 0 spiro atoms. The zero-order valence-corrected chi connectivity index (χ0v) is 9.94. The molecule has 2 aromatic carbocycles. The van der Waals surface area contributed by atoms with Crippen molar-refractivity contribution in [3.05, 3.63) is 59.1 Å². The minimum atomic E-state index is -0.432. The van der Waals surface area contributed by atoms with E-state index < -0.39 is 5.76 Å². The molecule has 4 aromatic rings. The summed E-state index contributed by atoms with van der Waals surface area (Å²) in [5, 5.41) is 1.14. The SMILES string of the molecule is O=c1[nH]c2c(-c3cc4ccccc4[nH]3)cccc2o1. The highest BCUT2D eigenvalue weighted by Gasteiger charge is 2.10. The van der Waals surface area contributed by atoms with Gasteiger partial charge in [-0.1, -0.05) is 30.3 Å². The van der Waals surface area contributed by atoms with Gasteiger partial charge in [-0.25, -0.2) is 4.79 Å². The molecule has 4 nitrogen and oxygen atoms in total.